The molecule has 4 aromatic rings. The number of aliphatic hydroxyl groups is 1. The predicted octanol–water partition coefficient (Wildman–Crippen LogP) is 6.81. The molecule has 39 heavy (non-hydrogen) atoms. The summed E-state index contributed by atoms with van der Waals surface area (Å²) in [6, 6.07) is 22.1. The maximum absolute atomic E-state index is 12.7. The molecule has 8 heteroatoms. The van der Waals surface area contributed by atoms with Crippen molar-refractivity contribution in [3.8, 4) is 38.1 Å². The Labute approximate surface area is 232 Å². The molecule has 0 saturated heterocycles. The van der Waals surface area contributed by atoms with Gasteiger partial charge in [-0.05, 0) is 44.9 Å². The average molecular weight is 544 g/mol. The Bertz CT molecular complexity index is 1450. The molecular formula is C31H33N3O4S. The van der Waals surface area contributed by atoms with E-state index in [0.29, 0.717) is 18.7 Å². The van der Waals surface area contributed by atoms with Crippen LogP contribution in [0.15, 0.2) is 72.9 Å². The third-order valence-electron chi connectivity index (χ3n) is 6.67. The van der Waals surface area contributed by atoms with Gasteiger partial charge in [0.1, 0.15) is 10.6 Å². The quantitative estimate of drug-likeness (QED) is 0.277. The molecule has 2 aromatic carbocycles. The summed E-state index contributed by atoms with van der Waals surface area (Å²) in [5.41, 5.74) is 2.58. The number of benzene rings is 2. The van der Waals surface area contributed by atoms with E-state index in [0.717, 1.165) is 37.8 Å². The number of alkyl carbamates (subject to hydrolysis) is 1. The molecule has 2 N–H and O–H groups in total. The van der Waals surface area contributed by atoms with Gasteiger partial charge in [-0.2, -0.15) is 0 Å². The van der Waals surface area contributed by atoms with E-state index in [-0.39, 0.29) is 0 Å². The molecule has 0 unspecified atom stereocenters. The number of pyridine rings is 1. The van der Waals surface area contributed by atoms with Gasteiger partial charge >= 0.3 is 6.09 Å². The number of amides is 1. The fourth-order valence-corrected chi connectivity index (χ4v) is 6.19. The lowest BCUT2D eigenvalue weighted by atomic mass is 9.62. The van der Waals surface area contributed by atoms with Crippen molar-refractivity contribution in [1.82, 2.24) is 15.3 Å². The lowest BCUT2D eigenvalue weighted by Gasteiger charge is -2.52. The number of thiazole rings is 1. The molecule has 0 bridgehead atoms. The summed E-state index contributed by atoms with van der Waals surface area (Å²) < 4.78 is 10.7. The molecule has 0 radical (unpaired) electrons. The maximum Gasteiger partial charge on any atom is 0.408 e. The Morgan fingerprint density at radius 1 is 0.974 bits per heavy atom. The monoisotopic (exact) mass is 543 g/mol. The van der Waals surface area contributed by atoms with Crippen molar-refractivity contribution in [3.63, 3.8) is 0 Å². The fourth-order valence-electron chi connectivity index (χ4n) is 5.11. The zero-order chi connectivity index (χ0) is 27.8. The zero-order valence-corrected chi connectivity index (χ0v) is 23.6. The Hall–Kier alpha value is -3.75. The van der Waals surface area contributed by atoms with Crippen LogP contribution in [-0.4, -0.2) is 39.5 Å². The van der Waals surface area contributed by atoms with Crippen LogP contribution < -0.4 is 10.1 Å². The van der Waals surface area contributed by atoms with Gasteiger partial charge in [-0.15, -0.1) is 11.3 Å². The van der Waals surface area contributed by atoms with E-state index in [1.54, 1.807) is 31.6 Å². The van der Waals surface area contributed by atoms with Gasteiger partial charge in [-0.3, -0.25) is 0 Å². The predicted molar refractivity (Wildman–Crippen MR) is 154 cm³/mol. The normalized spacial score (nSPS) is 20.7. The lowest BCUT2D eigenvalue weighted by Crippen LogP contribution is -2.62. The summed E-state index contributed by atoms with van der Waals surface area (Å²) in [5, 5.41) is 14.5. The van der Waals surface area contributed by atoms with Gasteiger partial charge < -0.3 is 19.9 Å². The first-order chi connectivity index (χ1) is 18.5. The van der Waals surface area contributed by atoms with Crippen LogP contribution in [0.3, 0.4) is 0 Å². The summed E-state index contributed by atoms with van der Waals surface area (Å²) in [5.74, 6) is 0.554. The van der Waals surface area contributed by atoms with Gasteiger partial charge in [0.25, 0.3) is 0 Å². The number of rotatable bonds is 6. The van der Waals surface area contributed by atoms with Gasteiger partial charge in [0, 0.05) is 36.2 Å². The highest BCUT2D eigenvalue weighted by Crippen LogP contribution is 2.49. The van der Waals surface area contributed by atoms with E-state index in [9.17, 15) is 9.90 Å². The molecular weight excluding hydrogens is 510 g/mol. The number of nitrogens with one attached hydrogen (secondary N) is 1. The summed E-state index contributed by atoms with van der Waals surface area (Å²) in [6.07, 6.45) is 2.08. The molecule has 1 aliphatic carbocycles. The van der Waals surface area contributed by atoms with Crippen molar-refractivity contribution in [2.24, 2.45) is 0 Å². The van der Waals surface area contributed by atoms with Crippen LogP contribution in [-0.2, 0) is 10.3 Å². The number of hydrogen-bond donors (Lipinski definition) is 2. The van der Waals surface area contributed by atoms with E-state index >= 15 is 0 Å². The first kappa shape index (κ1) is 26.8. The fraction of sp³-hybridized carbons (Fsp3) is 0.323. The van der Waals surface area contributed by atoms with Crippen molar-refractivity contribution in [2.75, 3.05) is 7.11 Å². The Balaban J connectivity index is 1.50. The first-order valence-electron chi connectivity index (χ1n) is 12.9. The first-order valence-corrected chi connectivity index (χ1v) is 13.7. The Kier molecular flexibility index (Phi) is 6.95. The Morgan fingerprint density at radius 3 is 2.21 bits per heavy atom. The number of ether oxygens (including phenoxy) is 2. The number of carbonyl (C=O) groups is 1. The summed E-state index contributed by atoms with van der Waals surface area (Å²) >= 11 is 1.61. The molecule has 2 aromatic heterocycles. The number of hydrogen-bond acceptors (Lipinski definition) is 7. The van der Waals surface area contributed by atoms with Gasteiger partial charge in [-0.25, -0.2) is 14.8 Å². The van der Waals surface area contributed by atoms with E-state index in [1.807, 2.05) is 75.4 Å². The molecule has 0 spiro atoms. The van der Waals surface area contributed by atoms with Crippen molar-refractivity contribution < 1.29 is 19.4 Å². The average Bonchev–Trinajstić information content (AvgIpc) is 3.32. The van der Waals surface area contributed by atoms with Crippen LogP contribution in [0.25, 0.3) is 32.3 Å². The highest BCUT2D eigenvalue weighted by molar-refractivity contribution is 7.19. The molecule has 1 fully saturated rings. The van der Waals surface area contributed by atoms with Crippen LogP contribution in [0.1, 0.15) is 46.1 Å². The Morgan fingerprint density at radius 2 is 1.64 bits per heavy atom. The molecule has 0 atom stereocenters. The summed E-state index contributed by atoms with van der Waals surface area (Å²) in [7, 11) is 1.60. The molecule has 1 saturated carbocycles. The van der Waals surface area contributed by atoms with E-state index in [4.69, 9.17) is 14.5 Å². The number of aromatic nitrogens is 2. The topological polar surface area (TPSA) is 93.6 Å². The van der Waals surface area contributed by atoms with Crippen LogP contribution in [0.5, 0.6) is 5.88 Å². The minimum atomic E-state index is -0.857. The smallest absolute Gasteiger partial charge is 0.408 e. The maximum atomic E-state index is 12.7. The van der Waals surface area contributed by atoms with E-state index in [2.05, 4.69) is 22.4 Å². The van der Waals surface area contributed by atoms with Crippen molar-refractivity contribution in [1.29, 1.82) is 0 Å². The van der Waals surface area contributed by atoms with E-state index < -0.39 is 22.8 Å². The number of methoxy groups -OCH3 is 1. The third kappa shape index (κ3) is 5.82. The van der Waals surface area contributed by atoms with Crippen LogP contribution >= 0.6 is 11.3 Å². The molecule has 1 aliphatic rings. The standard InChI is InChI=1S/C31H33N3O4S/c1-29(2,3)38-28(35)34-31(18-30(4,36)19-31)23-14-11-20(12-15-23)25-26(21-9-7-6-8-10-21)39-27(33-25)22-13-16-24(37-5)32-17-22/h6-17,36H,18-19H2,1-5H3,(H,34,35). The van der Waals surface area contributed by atoms with Gasteiger partial charge in [0.05, 0.1) is 28.8 Å². The van der Waals surface area contributed by atoms with Crippen molar-refractivity contribution in [2.45, 2.75) is 57.3 Å². The molecule has 7 nitrogen and oxygen atoms in total. The van der Waals surface area contributed by atoms with Gasteiger partial charge in [0.2, 0.25) is 5.88 Å². The lowest BCUT2D eigenvalue weighted by molar-refractivity contribution is -0.0892. The molecule has 1 amide bonds. The highest BCUT2D eigenvalue weighted by Gasteiger charge is 2.53. The minimum absolute atomic E-state index is 0.402. The van der Waals surface area contributed by atoms with Crippen molar-refractivity contribution >= 4 is 17.4 Å². The highest BCUT2D eigenvalue weighted by atomic mass is 32.1. The molecule has 2 heterocycles. The zero-order valence-electron chi connectivity index (χ0n) is 22.8. The molecule has 202 valence electrons. The van der Waals surface area contributed by atoms with Crippen LogP contribution in [0, 0.1) is 0 Å². The van der Waals surface area contributed by atoms with Crippen molar-refractivity contribution in [3.05, 3.63) is 78.5 Å². The second-order valence-corrected chi connectivity index (χ2v) is 12.3. The third-order valence-corrected chi connectivity index (χ3v) is 7.83. The SMILES string of the molecule is COc1ccc(-c2nc(-c3ccc(C4(NC(=O)OC(C)(C)C)CC(C)(O)C4)cc3)c(-c3ccccc3)s2)cn1. The largest absolute Gasteiger partial charge is 0.481 e. The number of carbonyl (C=O) groups excluding carboxylic acids is 1. The second-order valence-electron chi connectivity index (χ2n) is 11.3. The number of nitrogens with zero attached hydrogens (tertiary/aromatic N) is 2. The molecule has 0 aliphatic heterocycles. The van der Waals surface area contributed by atoms with Gasteiger partial charge in [-0.1, -0.05) is 54.6 Å². The molecule has 5 rings (SSSR count). The van der Waals surface area contributed by atoms with Gasteiger partial charge in [0.15, 0.2) is 0 Å². The summed E-state index contributed by atoms with van der Waals surface area (Å²) in [4.78, 5) is 23.1. The van der Waals surface area contributed by atoms with Crippen LogP contribution in [0.4, 0.5) is 4.79 Å². The van der Waals surface area contributed by atoms with E-state index in [1.165, 1.54) is 0 Å². The summed E-state index contributed by atoms with van der Waals surface area (Å²) in [6.45, 7) is 7.28. The minimum Gasteiger partial charge on any atom is -0.481 e. The van der Waals surface area contributed by atoms with Crippen LogP contribution in [0.2, 0.25) is 0 Å². The second kappa shape index (κ2) is 10.1.